The van der Waals surface area contributed by atoms with Crippen LogP contribution in [0.2, 0.25) is 0 Å². The minimum Gasteiger partial charge on any atom is -0.390 e. The summed E-state index contributed by atoms with van der Waals surface area (Å²) in [6.45, 7) is 2.57. The second-order valence-corrected chi connectivity index (χ2v) is 5.45. The van der Waals surface area contributed by atoms with Gasteiger partial charge in [-0.25, -0.2) is 0 Å². The number of thiophene rings is 1. The van der Waals surface area contributed by atoms with Crippen molar-refractivity contribution in [3.8, 4) is 10.7 Å². The predicted molar refractivity (Wildman–Crippen MR) is 68.4 cm³/mol. The Kier molecular flexibility index (Phi) is 3.40. The van der Waals surface area contributed by atoms with Gasteiger partial charge in [-0.2, -0.15) is 4.98 Å². The first-order valence-corrected chi connectivity index (χ1v) is 6.96. The third-order valence-corrected chi connectivity index (χ3v) is 3.88. The van der Waals surface area contributed by atoms with Gasteiger partial charge in [-0.1, -0.05) is 11.2 Å². The Morgan fingerprint density at radius 1 is 1.50 bits per heavy atom. The maximum Gasteiger partial charge on any atom is 0.227 e. The molecule has 0 spiro atoms. The smallest absolute Gasteiger partial charge is 0.227 e. The van der Waals surface area contributed by atoms with Crippen LogP contribution in [0.4, 0.5) is 0 Å². The van der Waals surface area contributed by atoms with Crippen LogP contribution < -0.4 is 0 Å². The van der Waals surface area contributed by atoms with E-state index in [2.05, 4.69) is 15.0 Å². The van der Waals surface area contributed by atoms with Crippen LogP contribution in [0, 0.1) is 0 Å². The van der Waals surface area contributed by atoms with E-state index in [1.165, 1.54) is 0 Å². The van der Waals surface area contributed by atoms with Gasteiger partial charge in [0.1, 0.15) is 0 Å². The highest BCUT2D eigenvalue weighted by atomic mass is 32.1. The molecule has 96 valence electrons. The van der Waals surface area contributed by atoms with Gasteiger partial charge in [0.25, 0.3) is 0 Å². The van der Waals surface area contributed by atoms with Crippen molar-refractivity contribution in [2.45, 2.75) is 18.9 Å². The molecular formula is C12H15N3O2S. The summed E-state index contributed by atoms with van der Waals surface area (Å²) in [5.41, 5.74) is 0. The molecule has 1 aliphatic rings. The predicted octanol–water partition coefficient (Wildman–Crippen LogP) is 1.41. The number of aliphatic hydroxyl groups excluding tert-OH is 1. The summed E-state index contributed by atoms with van der Waals surface area (Å²) in [6.07, 6.45) is 1.66. The van der Waals surface area contributed by atoms with Gasteiger partial charge < -0.3 is 9.63 Å². The van der Waals surface area contributed by atoms with Gasteiger partial charge in [0.15, 0.2) is 0 Å². The van der Waals surface area contributed by atoms with Crippen molar-refractivity contribution in [1.29, 1.82) is 0 Å². The van der Waals surface area contributed by atoms with E-state index in [1.807, 2.05) is 17.5 Å². The molecule has 0 saturated carbocycles. The van der Waals surface area contributed by atoms with Crippen molar-refractivity contribution >= 4 is 11.3 Å². The number of aliphatic hydroxyl groups is 1. The summed E-state index contributed by atoms with van der Waals surface area (Å²) < 4.78 is 5.22. The van der Waals surface area contributed by atoms with Crippen LogP contribution >= 0.6 is 11.3 Å². The zero-order valence-electron chi connectivity index (χ0n) is 9.95. The molecule has 1 N–H and O–H groups in total. The molecule has 18 heavy (non-hydrogen) atoms. The van der Waals surface area contributed by atoms with Gasteiger partial charge in [0.05, 0.1) is 11.0 Å². The molecule has 0 bridgehead atoms. The summed E-state index contributed by atoms with van der Waals surface area (Å²) >= 11 is 1.61. The zero-order chi connectivity index (χ0) is 12.4. The fourth-order valence-electron chi connectivity index (χ4n) is 2.04. The van der Waals surface area contributed by atoms with Crippen LogP contribution in [-0.2, 0) is 6.42 Å². The van der Waals surface area contributed by atoms with Crippen molar-refractivity contribution in [3.63, 3.8) is 0 Å². The summed E-state index contributed by atoms with van der Waals surface area (Å²) in [6, 6.07) is 3.96. The van der Waals surface area contributed by atoms with E-state index in [-0.39, 0.29) is 6.10 Å². The maximum absolute atomic E-state index is 9.16. The zero-order valence-corrected chi connectivity index (χ0v) is 10.8. The second kappa shape index (κ2) is 5.17. The summed E-state index contributed by atoms with van der Waals surface area (Å²) in [5, 5.41) is 15.1. The molecule has 6 heteroatoms. The highest BCUT2D eigenvalue weighted by Crippen LogP contribution is 2.21. The SMILES string of the molecule is OC1CN(CCCc2nc(-c3cccs3)no2)C1. The quantitative estimate of drug-likeness (QED) is 0.885. The average molecular weight is 265 g/mol. The van der Waals surface area contributed by atoms with Crippen molar-refractivity contribution in [2.24, 2.45) is 0 Å². The molecule has 1 aliphatic heterocycles. The number of aromatic nitrogens is 2. The van der Waals surface area contributed by atoms with Crippen LogP contribution in [0.1, 0.15) is 12.3 Å². The van der Waals surface area contributed by atoms with Gasteiger partial charge in [-0.05, 0) is 24.4 Å². The molecule has 0 unspecified atom stereocenters. The molecular weight excluding hydrogens is 250 g/mol. The van der Waals surface area contributed by atoms with Gasteiger partial charge in [0.2, 0.25) is 11.7 Å². The lowest BCUT2D eigenvalue weighted by Gasteiger charge is -2.35. The standard InChI is InChI=1S/C12H15N3O2S/c16-9-7-15(8-9)5-1-4-11-13-12(14-17-11)10-3-2-6-18-10/h2-3,6,9,16H,1,4-5,7-8H2. The lowest BCUT2D eigenvalue weighted by atomic mass is 10.1. The first-order chi connectivity index (χ1) is 8.81. The molecule has 2 aromatic rings. The Bertz CT molecular complexity index is 491. The minimum absolute atomic E-state index is 0.126. The van der Waals surface area contributed by atoms with Crippen molar-refractivity contribution < 1.29 is 9.63 Å². The van der Waals surface area contributed by atoms with E-state index in [9.17, 15) is 0 Å². The van der Waals surface area contributed by atoms with E-state index < -0.39 is 0 Å². The molecule has 0 atom stereocenters. The molecule has 0 radical (unpaired) electrons. The van der Waals surface area contributed by atoms with E-state index in [0.717, 1.165) is 37.4 Å². The van der Waals surface area contributed by atoms with E-state index in [4.69, 9.17) is 9.63 Å². The first kappa shape index (κ1) is 11.8. The van der Waals surface area contributed by atoms with Crippen molar-refractivity contribution in [3.05, 3.63) is 23.4 Å². The fourth-order valence-corrected chi connectivity index (χ4v) is 2.69. The number of likely N-dealkylation sites (tertiary alicyclic amines) is 1. The molecule has 5 nitrogen and oxygen atoms in total. The molecule has 0 aliphatic carbocycles. The van der Waals surface area contributed by atoms with Gasteiger partial charge >= 0.3 is 0 Å². The van der Waals surface area contributed by atoms with Gasteiger partial charge in [-0.15, -0.1) is 11.3 Å². The third kappa shape index (κ3) is 2.60. The highest BCUT2D eigenvalue weighted by Gasteiger charge is 2.23. The second-order valence-electron chi connectivity index (χ2n) is 4.51. The Morgan fingerprint density at radius 2 is 2.39 bits per heavy atom. The van der Waals surface area contributed by atoms with Crippen LogP contribution in [0.15, 0.2) is 22.0 Å². The highest BCUT2D eigenvalue weighted by molar-refractivity contribution is 7.13. The summed E-state index contributed by atoms with van der Waals surface area (Å²) in [4.78, 5) is 7.63. The largest absolute Gasteiger partial charge is 0.390 e. The van der Waals surface area contributed by atoms with Gasteiger partial charge in [-0.3, -0.25) is 4.90 Å². The molecule has 1 fully saturated rings. The summed E-state index contributed by atoms with van der Waals surface area (Å²) in [7, 11) is 0. The van der Waals surface area contributed by atoms with Crippen LogP contribution in [0.5, 0.6) is 0 Å². The van der Waals surface area contributed by atoms with Crippen LogP contribution in [0.3, 0.4) is 0 Å². The molecule has 3 rings (SSSR count). The first-order valence-electron chi connectivity index (χ1n) is 6.08. The Hall–Kier alpha value is -1.24. The Balaban J connectivity index is 1.48. The topological polar surface area (TPSA) is 62.4 Å². The lowest BCUT2D eigenvalue weighted by molar-refractivity contribution is 0.00164. The lowest BCUT2D eigenvalue weighted by Crippen LogP contribution is -2.50. The molecule has 0 aromatic carbocycles. The maximum atomic E-state index is 9.16. The van der Waals surface area contributed by atoms with Crippen LogP contribution in [-0.4, -0.2) is 45.9 Å². The van der Waals surface area contributed by atoms with E-state index >= 15 is 0 Å². The number of β-amino-alcohol motifs (C(OH)–C–C–N with tert-alkyl or cyclic N) is 1. The molecule has 0 amide bonds. The fraction of sp³-hybridized carbons (Fsp3) is 0.500. The Morgan fingerprint density at radius 3 is 3.11 bits per heavy atom. The van der Waals surface area contributed by atoms with Crippen molar-refractivity contribution in [2.75, 3.05) is 19.6 Å². The van der Waals surface area contributed by atoms with Crippen LogP contribution in [0.25, 0.3) is 10.7 Å². The summed E-state index contributed by atoms with van der Waals surface area (Å²) in [5.74, 6) is 1.37. The van der Waals surface area contributed by atoms with Crippen molar-refractivity contribution in [1.82, 2.24) is 15.0 Å². The number of nitrogens with zero attached hydrogens (tertiary/aromatic N) is 3. The van der Waals surface area contributed by atoms with Gasteiger partial charge in [0, 0.05) is 19.5 Å². The van der Waals surface area contributed by atoms with E-state index in [0.29, 0.717) is 11.7 Å². The molecule has 2 aromatic heterocycles. The Labute approximate surface area is 109 Å². The molecule has 1 saturated heterocycles. The monoisotopic (exact) mass is 265 g/mol. The normalized spacial score (nSPS) is 16.9. The number of hydrogen-bond donors (Lipinski definition) is 1. The number of hydrogen-bond acceptors (Lipinski definition) is 6. The number of aryl methyl sites for hydroxylation is 1. The van der Waals surface area contributed by atoms with E-state index in [1.54, 1.807) is 11.3 Å². The number of rotatable bonds is 5. The minimum atomic E-state index is -0.126. The average Bonchev–Trinajstić information content (AvgIpc) is 2.96. The third-order valence-electron chi connectivity index (χ3n) is 3.01. The molecule has 3 heterocycles.